The van der Waals surface area contributed by atoms with Crippen molar-refractivity contribution in [3.8, 4) is 0 Å². The number of esters is 2. The van der Waals surface area contributed by atoms with Crippen LogP contribution in [0.25, 0.3) is 0 Å². The van der Waals surface area contributed by atoms with E-state index in [1.54, 1.807) is 74.5 Å². The molecule has 5 N–H and O–H groups in total. The summed E-state index contributed by atoms with van der Waals surface area (Å²) in [7, 11) is 9.35. The maximum atomic E-state index is 15.8. The third-order valence-corrected chi connectivity index (χ3v) is 18.6. The zero-order chi connectivity index (χ0) is 78.2. The number of amides is 11. The van der Waals surface area contributed by atoms with Gasteiger partial charge in [-0.25, -0.2) is 0 Å². The van der Waals surface area contributed by atoms with Crippen molar-refractivity contribution in [3.63, 3.8) is 0 Å². The van der Waals surface area contributed by atoms with E-state index in [2.05, 4.69) is 27.8 Å². The summed E-state index contributed by atoms with van der Waals surface area (Å²) < 4.78 is 16.8. The number of nitrogens with one attached hydrogen (secondary N) is 4. The molecule has 1 rings (SSSR count). The third-order valence-electron chi connectivity index (χ3n) is 18.6. The second-order valence-corrected chi connectivity index (χ2v) is 29.5. The molecular formula is C73H127N11O17. The lowest BCUT2D eigenvalue weighted by atomic mass is 9.91. The Morgan fingerprint density at radius 2 is 0.921 bits per heavy atom. The first kappa shape index (κ1) is 91.5. The lowest BCUT2D eigenvalue weighted by molar-refractivity contribution is -0.164. The van der Waals surface area contributed by atoms with E-state index < -0.39 is 185 Å². The highest BCUT2D eigenvalue weighted by Crippen LogP contribution is 2.28. The molecule has 0 spiro atoms. The van der Waals surface area contributed by atoms with Gasteiger partial charge < -0.3 is 74.9 Å². The summed E-state index contributed by atoms with van der Waals surface area (Å²) in [4.78, 5) is 202. The van der Waals surface area contributed by atoms with Crippen molar-refractivity contribution in [3.05, 3.63) is 24.8 Å². The number of nitrogens with zero attached hydrogens (tertiary/aromatic N) is 7. The molecule has 28 nitrogen and oxygen atoms in total. The summed E-state index contributed by atoms with van der Waals surface area (Å²) in [5.74, 6) is -15.8. The molecule has 576 valence electrons. The molecule has 1 aliphatic heterocycles. The number of likely N-dealkylation sites (N-methyl/N-ethyl adjacent to an activating group) is 7. The molecule has 0 saturated carbocycles. The topological polar surface area (TPSA) is 341 Å². The minimum absolute atomic E-state index is 0.0149. The predicted octanol–water partition coefficient (Wildman–Crippen LogP) is 4.10. The first-order chi connectivity index (χ1) is 46.8. The Balaban J connectivity index is 4.82. The van der Waals surface area contributed by atoms with Crippen molar-refractivity contribution in [2.45, 2.75) is 255 Å². The fraction of sp³-hybridized carbons (Fsp3) is 0.767. The van der Waals surface area contributed by atoms with E-state index in [0.29, 0.717) is 0 Å². The standard InChI is InChI=1S/C73H127N11O17/c1-28-33-34-46(16)59(85)58-63(89)76-50(30-3)65(91)80(23)54(39-49(71(97)99-31-4)72(98)100-32-5)67(93)82(25)55(40-73(19,20)101-35-29-2)62(88)77-56(44(12)13)69(95)78(21)51(36-41(6)7)61(87)74-47(17)60(86)75-48(18)64(90)79(22)52(37-42(8)9)66(92)81(24)53(38-43(10)11)68(94)83(26)57(45(14)15)70(96)84(58)27/h28-29,33,41-59,85H,2,30-32,34-40H2,1,3-27H3,(H,74,87)(H,75,86)(H,76,89)(H,77,88)/b33-28+/t46-,47+,48-,50+,51+,52+,53+,54?,55+,56+,57+,58+,59-/m1/s1. The number of rotatable bonds is 24. The van der Waals surface area contributed by atoms with E-state index in [9.17, 15) is 29.1 Å². The summed E-state index contributed by atoms with van der Waals surface area (Å²) in [6.45, 7) is 35.1. The van der Waals surface area contributed by atoms with Crippen LogP contribution in [0.3, 0.4) is 0 Å². The number of aliphatic hydroxyl groups is 1. The minimum atomic E-state index is -1.86. The van der Waals surface area contributed by atoms with Crippen LogP contribution in [0.5, 0.6) is 0 Å². The van der Waals surface area contributed by atoms with Crippen LogP contribution in [0.1, 0.15) is 176 Å². The Kier molecular flexibility index (Phi) is 38.2. The molecule has 1 fully saturated rings. The molecule has 11 amide bonds. The van der Waals surface area contributed by atoms with Gasteiger partial charge in [-0.05, 0) is 116 Å². The van der Waals surface area contributed by atoms with Crippen LogP contribution in [-0.2, 0) is 76.5 Å². The number of hydrogen-bond donors (Lipinski definition) is 5. The minimum Gasteiger partial charge on any atom is -0.465 e. The highest BCUT2D eigenvalue weighted by atomic mass is 16.6. The van der Waals surface area contributed by atoms with Crippen LogP contribution in [-0.4, -0.2) is 264 Å². The maximum Gasteiger partial charge on any atom is 0.320 e. The molecule has 0 radical (unpaired) electrons. The van der Waals surface area contributed by atoms with E-state index in [4.69, 9.17) is 14.2 Å². The molecule has 0 aromatic carbocycles. The normalized spacial score (nSPS) is 25.3. The zero-order valence-electron chi connectivity index (χ0n) is 65.6. The highest BCUT2D eigenvalue weighted by molar-refractivity contribution is 6.01. The van der Waals surface area contributed by atoms with Gasteiger partial charge in [-0.3, -0.25) is 62.3 Å². The summed E-state index contributed by atoms with van der Waals surface area (Å²) >= 11 is 0. The Morgan fingerprint density at radius 3 is 1.37 bits per heavy atom. The van der Waals surface area contributed by atoms with Crippen LogP contribution >= 0.6 is 0 Å². The van der Waals surface area contributed by atoms with Crippen LogP contribution < -0.4 is 21.3 Å². The summed E-state index contributed by atoms with van der Waals surface area (Å²) in [6.07, 6.45) is 2.53. The van der Waals surface area contributed by atoms with Crippen LogP contribution in [0, 0.1) is 41.4 Å². The second kappa shape index (κ2) is 42.2. The van der Waals surface area contributed by atoms with E-state index in [1.807, 2.05) is 41.5 Å². The van der Waals surface area contributed by atoms with Crippen LogP contribution in [0.4, 0.5) is 0 Å². The molecule has 28 heteroatoms. The van der Waals surface area contributed by atoms with Gasteiger partial charge in [-0.1, -0.05) is 101 Å². The summed E-state index contributed by atoms with van der Waals surface area (Å²) in [5.41, 5.74) is -1.26. The van der Waals surface area contributed by atoms with Crippen molar-refractivity contribution in [2.24, 2.45) is 41.4 Å². The number of aliphatic hydroxyl groups excluding tert-OH is 1. The van der Waals surface area contributed by atoms with Gasteiger partial charge in [-0.15, -0.1) is 6.58 Å². The SMILES string of the molecule is C=CCOC(C)(C)C[C@H]1C(=O)N[C@@H](C(C)C)C(=O)N(C)[C@@H](CC(C)C)C(=O)N[C@@H](C)C(=O)N[C@H](C)C(=O)N(C)[C@@H](CC(C)C)C(=O)N(C)[C@@H](CC(C)C)C(=O)N(C)[C@@H](C(C)C)C(=O)N(C)[C@@H]([C@H](O)[C@H](C)C/C=C/C)C(=O)N[C@@H](CC)C(=O)N(C)C(CC(C(=O)OCC)C(=O)OCC)C(=O)N1C. The predicted molar refractivity (Wildman–Crippen MR) is 384 cm³/mol. The number of hydrogen-bond acceptors (Lipinski definition) is 17. The second-order valence-electron chi connectivity index (χ2n) is 29.5. The Bertz CT molecular complexity index is 2850. The van der Waals surface area contributed by atoms with Gasteiger partial charge in [0.15, 0.2) is 5.92 Å². The average molecular weight is 1430 g/mol. The van der Waals surface area contributed by atoms with Gasteiger partial charge in [0, 0.05) is 62.2 Å². The number of carbonyl (C=O) groups excluding carboxylic acids is 13. The lowest BCUT2D eigenvalue weighted by Crippen LogP contribution is -2.64. The highest BCUT2D eigenvalue weighted by Gasteiger charge is 2.48. The smallest absolute Gasteiger partial charge is 0.320 e. The first-order valence-electron chi connectivity index (χ1n) is 35.7. The third kappa shape index (κ3) is 26.1. The number of carbonyl (C=O) groups is 13. The van der Waals surface area contributed by atoms with Gasteiger partial charge in [0.1, 0.15) is 66.5 Å². The molecular weight excluding hydrogens is 1300 g/mol. The quantitative estimate of drug-likeness (QED) is 0.0516. The van der Waals surface area contributed by atoms with Crippen molar-refractivity contribution in [1.29, 1.82) is 0 Å². The number of allylic oxidation sites excluding steroid dienone is 2. The molecule has 101 heavy (non-hydrogen) atoms. The largest absolute Gasteiger partial charge is 0.465 e. The summed E-state index contributed by atoms with van der Waals surface area (Å²) in [5, 5.41) is 23.3. The molecule has 0 aliphatic carbocycles. The Hall–Kier alpha value is -7.49. The van der Waals surface area contributed by atoms with Crippen molar-refractivity contribution in [1.82, 2.24) is 55.6 Å². The number of ether oxygens (including phenoxy) is 3. The van der Waals surface area contributed by atoms with Crippen LogP contribution in [0.2, 0.25) is 0 Å². The Labute approximate surface area is 601 Å². The molecule has 1 heterocycles. The molecule has 0 aromatic heterocycles. The fourth-order valence-electron chi connectivity index (χ4n) is 12.4. The van der Waals surface area contributed by atoms with Gasteiger partial charge in [0.25, 0.3) is 0 Å². The molecule has 13 atom stereocenters. The molecule has 0 bridgehead atoms. The molecule has 1 unspecified atom stereocenters. The fourth-order valence-corrected chi connectivity index (χ4v) is 12.4. The van der Waals surface area contributed by atoms with E-state index in [-0.39, 0.29) is 76.1 Å². The van der Waals surface area contributed by atoms with Crippen molar-refractivity contribution in [2.75, 3.05) is 69.2 Å². The molecule has 1 aliphatic rings. The average Bonchev–Trinajstić information content (AvgIpc) is 0.808. The van der Waals surface area contributed by atoms with Crippen LogP contribution in [0.15, 0.2) is 24.8 Å². The first-order valence-corrected chi connectivity index (χ1v) is 35.7. The van der Waals surface area contributed by atoms with Gasteiger partial charge >= 0.3 is 11.9 Å². The van der Waals surface area contributed by atoms with E-state index in [0.717, 1.165) is 19.6 Å². The maximum absolute atomic E-state index is 15.8. The van der Waals surface area contributed by atoms with Gasteiger partial charge in [0.05, 0.1) is 31.5 Å². The van der Waals surface area contributed by atoms with Crippen molar-refractivity contribution < 1.29 is 81.6 Å². The van der Waals surface area contributed by atoms with Crippen molar-refractivity contribution >= 4 is 76.9 Å². The van der Waals surface area contributed by atoms with Gasteiger partial charge in [-0.2, -0.15) is 0 Å². The molecule has 1 saturated heterocycles. The Morgan fingerprint density at radius 1 is 0.505 bits per heavy atom. The summed E-state index contributed by atoms with van der Waals surface area (Å²) in [6, 6.07) is -15.8. The van der Waals surface area contributed by atoms with E-state index >= 15 is 38.4 Å². The lowest BCUT2D eigenvalue weighted by Gasteiger charge is -2.42. The monoisotopic (exact) mass is 1430 g/mol. The zero-order valence-corrected chi connectivity index (χ0v) is 65.6. The molecule has 0 aromatic rings. The van der Waals surface area contributed by atoms with Gasteiger partial charge in [0.2, 0.25) is 65.0 Å². The van der Waals surface area contributed by atoms with E-state index in [1.165, 1.54) is 97.8 Å².